The highest BCUT2D eigenvalue weighted by Gasteiger charge is 2.23. The predicted molar refractivity (Wildman–Crippen MR) is 48.5 cm³/mol. The molecule has 0 bridgehead atoms. The summed E-state index contributed by atoms with van der Waals surface area (Å²) < 4.78 is 1.82. The van der Waals surface area contributed by atoms with Gasteiger partial charge in [-0.15, -0.1) is 0 Å². The Morgan fingerprint density at radius 2 is 1.92 bits per heavy atom. The Balaban J connectivity index is 3.53. The predicted octanol–water partition coefficient (Wildman–Crippen LogP) is 1.34. The van der Waals surface area contributed by atoms with E-state index in [0.29, 0.717) is 5.69 Å². The average Bonchev–Trinajstić information content (AvgIpc) is 1.99. The molecule has 4 nitrogen and oxygen atoms in total. The summed E-state index contributed by atoms with van der Waals surface area (Å²) in [4.78, 5) is 10.4. The van der Waals surface area contributed by atoms with Crippen LogP contribution in [0.4, 0.5) is 5.69 Å². The normalized spacial score (nSPS) is 10.2. The van der Waals surface area contributed by atoms with Crippen LogP contribution in [0.25, 0.3) is 0 Å². The second-order valence-corrected chi connectivity index (χ2v) is 3.22. The van der Waals surface area contributed by atoms with Gasteiger partial charge in [0, 0.05) is 25.5 Å². The largest absolute Gasteiger partial charge is 0.338 e. The monoisotopic (exact) mass is 181 g/mol. The van der Waals surface area contributed by atoms with Crippen LogP contribution in [0, 0.1) is 30.9 Å². The summed E-state index contributed by atoms with van der Waals surface area (Å²) in [7, 11) is 1.83. The first-order valence-electron chi connectivity index (χ1n) is 4.06. The summed E-state index contributed by atoms with van der Waals surface area (Å²) in [6.07, 6.45) is 0. The van der Waals surface area contributed by atoms with Crippen molar-refractivity contribution in [2.24, 2.45) is 7.05 Å². The van der Waals surface area contributed by atoms with E-state index in [1.54, 1.807) is 13.8 Å². The average molecular weight is 181 g/mol. The number of aryl methyl sites for hydroxylation is 2. The summed E-state index contributed by atoms with van der Waals surface area (Å²) in [6, 6.07) is 1.82. The van der Waals surface area contributed by atoms with Crippen molar-refractivity contribution in [2.75, 3.05) is 0 Å². The van der Waals surface area contributed by atoms with E-state index < -0.39 is 0 Å². The van der Waals surface area contributed by atoms with Crippen LogP contribution in [0.15, 0.2) is 6.07 Å². The number of hydrogen-bond donors (Lipinski definition) is 0. The lowest BCUT2D eigenvalue weighted by molar-refractivity contribution is -0.686. The minimum absolute atomic E-state index is 0.216. The minimum Gasteiger partial charge on any atom is -0.258 e. The van der Waals surface area contributed by atoms with E-state index >= 15 is 0 Å². The molecule has 13 heavy (non-hydrogen) atoms. The summed E-state index contributed by atoms with van der Waals surface area (Å²) in [6.45, 7) is 5.46. The molecule has 0 saturated carbocycles. The fraction of sp³-hybridized carbons (Fsp3) is 0.444. The molecule has 0 aromatic carbocycles. The third kappa shape index (κ3) is 1.52. The van der Waals surface area contributed by atoms with E-state index in [1.165, 1.54) is 0 Å². The first kappa shape index (κ1) is 9.64. The van der Waals surface area contributed by atoms with Gasteiger partial charge in [0.15, 0.2) is 5.69 Å². The van der Waals surface area contributed by atoms with Crippen LogP contribution in [0.1, 0.15) is 17.0 Å². The summed E-state index contributed by atoms with van der Waals surface area (Å²) in [5.41, 5.74) is 2.66. The first-order valence-corrected chi connectivity index (χ1v) is 4.06. The number of nitro groups is 1. The Morgan fingerprint density at radius 3 is 2.38 bits per heavy atom. The lowest BCUT2D eigenvalue weighted by atomic mass is 10.1. The van der Waals surface area contributed by atoms with Gasteiger partial charge in [0.2, 0.25) is 0 Å². The van der Waals surface area contributed by atoms with Crippen LogP contribution in [0.2, 0.25) is 0 Å². The van der Waals surface area contributed by atoms with E-state index in [-0.39, 0.29) is 10.6 Å². The molecule has 70 valence electrons. The zero-order valence-electron chi connectivity index (χ0n) is 8.29. The molecule has 0 aliphatic carbocycles. The van der Waals surface area contributed by atoms with E-state index in [2.05, 4.69) is 0 Å². The molecule has 0 unspecified atom stereocenters. The number of aromatic nitrogens is 1. The smallest absolute Gasteiger partial charge is 0.258 e. The minimum atomic E-state index is -0.329. The highest BCUT2D eigenvalue weighted by molar-refractivity contribution is 5.40. The van der Waals surface area contributed by atoms with Crippen molar-refractivity contribution < 1.29 is 9.49 Å². The molecule has 0 atom stereocenters. The Kier molecular flexibility index (Phi) is 2.32. The van der Waals surface area contributed by atoms with E-state index in [1.807, 2.05) is 24.6 Å². The van der Waals surface area contributed by atoms with Crippen molar-refractivity contribution >= 4 is 5.69 Å². The summed E-state index contributed by atoms with van der Waals surface area (Å²) in [5, 5.41) is 10.7. The maximum absolute atomic E-state index is 10.7. The van der Waals surface area contributed by atoms with Crippen molar-refractivity contribution in [3.05, 3.63) is 33.1 Å². The molecule has 1 rings (SSSR count). The Hall–Kier alpha value is -1.45. The van der Waals surface area contributed by atoms with E-state index in [9.17, 15) is 10.1 Å². The Bertz CT molecular complexity index is 372. The van der Waals surface area contributed by atoms with Crippen LogP contribution in [0.5, 0.6) is 0 Å². The molecule has 0 aliphatic rings. The maximum atomic E-state index is 10.7. The third-order valence-electron chi connectivity index (χ3n) is 2.36. The van der Waals surface area contributed by atoms with Gasteiger partial charge < -0.3 is 0 Å². The molecule has 0 spiro atoms. The summed E-state index contributed by atoms with van der Waals surface area (Å²) >= 11 is 0. The number of nitrogens with zero attached hydrogens (tertiary/aromatic N) is 2. The van der Waals surface area contributed by atoms with Crippen LogP contribution in [-0.2, 0) is 7.05 Å². The van der Waals surface area contributed by atoms with Gasteiger partial charge in [-0.05, 0) is 6.92 Å². The van der Waals surface area contributed by atoms with Crippen LogP contribution >= 0.6 is 0 Å². The zero-order chi connectivity index (χ0) is 10.2. The number of pyridine rings is 1. The topological polar surface area (TPSA) is 47.0 Å². The first-order chi connectivity index (χ1) is 5.95. The fourth-order valence-corrected chi connectivity index (χ4v) is 1.46. The number of rotatable bonds is 1. The molecule has 0 aliphatic heterocycles. The molecule has 4 heteroatoms. The molecule has 1 aromatic heterocycles. The standard InChI is InChI=1S/C9H13N2O2/c1-6-5-7(2)10(4)8(3)9(6)11(12)13/h5H,1-4H3/q+1. The lowest BCUT2D eigenvalue weighted by Gasteiger charge is -2.01. The molecular formula is C9H13N2O2+. The van der Waals surface area contributed by atoms with Gasteiger partial charge in [-0.3, -0.25) is 10.1 Å². The SMILES string of the molecule is Cc1cc(C)[n+](C)c(C)c1[N+](=O)[O-]. The Morgan fingerprint density at radius 1 is 1.38 bits per heavy atom. The van der Waals surface area contributed by atoms with Crippen LogP contribution in [-0.4, -0.2) is 4.92 Å². The zero-order valence-corrected chi connectivity index (χ0v) is 8.29. The van der Waals surface area contributed by atoms with Crippen molar-refractivity contribution in [3.63, 3.8) is 0 Å². The molecular weight excluding hydrogens is 168 g/mol. The number of hydrogen-bond acceptors (Lipinski definition) is 2. The van der Waals surface area contributed by atoms with Gasteiger partial charge in [0.1, 0.15) is 7.05 Å². The van der Waals surface area contributed by atoms with E-state index in [4.69, 9.17) is 0 Å². The van der Waals surface area contributed by atoms with Crippen molar-refractivity contribution in [3.8, 4) is 0 Å². The van der Waals surface area contributed by atoms with Gasteiger partial charge in [0.05, 0.1) is 4.92 Å². The Labute approximate surface area is 77.0 Å². The van der Waals surface area contributed by atoms with Gasteiger partial charge in [0.25, 0.3) is 5.69 Å². The molecule has 0 amide bonds. The summed E-state index contributed by atoms with van der Waals surface area (Å²) in [5.74, 6) is 0. The van der Waals surface area contributed by atoms with Crippen molar-refractivity contribution in [1.82, 2.24) is 0 Å². The molecule has 0 saturated heterocycles. The quantitative estimate of drug-likeness (QED) is 0.373. The maximum Gasteiger partial charge on any atom is 0.338 e. The van der Waals surface area contributed by atoms with Crippen LogP contribution in [0.3, 0.4) is 0 Å². The van der Waals surface area contributed by atoms with E-state index in [0.717, 1.165) is 11.3 Å². The fourth-order valence-electron chi connectivity index (χ4n) is 1.46. The van der Waals surface area contributed by atoms with Gasteiger partial charge in [-0.2, -0.15) is 4.57 Å². The molecule has 1 heterocycles. The lowest BCUT2D eigenvalue weighted by Crippen LogP contribution is -2.36. The second-order valence-electron chi connectivity index (χ2n) is 3.22. The molecule has 0 fully saturated rings. The molecule has 0 radical (unpaired) electrons. The molecule has 0 N–H and O–H groups in total. The van der Waals surface area contributed by atoms with Crippen molar-refractivity contribution in [2.45, 2.75) is 20.8 Å². The second kappa shape index (κ2) is 3.12. The third-order valence-corrected chi connectivity index (χ3v) is 2.36. The van der Waals surface area contributed by atoms with Crippen molar-refractivity contribution in [1.29, 1.82) is 0 Å². The van der Waals surface area contributed by atoms with Crippen LogP contribution < -0.4 is 4.57 Å². The molecule has 1 aromatic rings. The van der Waals surface area contributed by atoms with Gasteiger partial charge in [-0.25, -0.2) is 0 Å². The van der Waals surface area contributed by atoms with Gasteiger partial charge in [-0.1, -0.05) is 0 Å². The highest BCUT2D eigenvalue weighted by Crippen LogP contribution is 2.19. The highest BCUT2D eigenvalue weighted by atomic mass is 16.6. The van der Waals surface area contributed by atoms with Gasteiger partial charge >= 0.3 is 5.69 Å².